The van der Waals surface area contributed by atoms with E-state index in [1.54, 1.807) is 7.11 Å². The van der Waals surface area contributed by atoms with Gasteiger partial charge >= 0.3 is 0 Å². The Kier molecular flexibility index (Phi) is 5.16. The molecule has 1 heterocycles. The van der Waals surface area contributed by atoms with Gasteiger partial charge in [0.05, 0.1) is 13.2 Å². The molecule has 0 saturated heterocycles. The molecule has 0 bridgehead atoms. The number of anilines is 1. The summed E-state index contributed by atoms with van der Waals surface area (Å²) in [5, 5.41) is 3.02. The van der Waals surface area contributed by atoms with Crippen LogP contribution in [0.15, 0.2) is 48.5 Å². The Labute approximate surface area is 143 Å². The highest BCUT2D eigenvalue weighted by Crippen LogP contribution is 2.31. The number of hydrogen-bond donors (Lipinski definition) is 1. The molecule has 1 amide bonds. The van der Waals surface area contributed by atoms with Gasteiger partial charge in [0.25, 0.3) is 0 Å². The lowest BCUT2D eigenvalue weighted by atomic mass is 10.1. The number of fused-ring (bicyclic) bond motifs is 1. The topological polar surface area (TPSA) is 41.6 Å². The Morgan fingerprint density at radius 1 is 1.17 bits per heavy atom. The van der Waals surface area contributed by atoms with Crippen LogP contribution in [-0.2, 0) is 29.1 Å². The Morgan fingerprint density at radius 3 is 2.62 bits per heavy atom. The van der Waals surface area contributed by atoms with Gasteiger partial charge in [-0.2, -0.15) is 0 Å². The van der Waals surface area contributed by atoms with Gasteiger partial charge in [0.1, 0.15) is 0 Å². The van der Waals surface area contributed by atoms with Gasteiger partial charge in [-0.05, 0) is 36.1 Å². The second kappa shape index (κ2) is 7.49. The van der Waals surface area contributed by atoms with Crippen LogP contribution in [0.1, 0.15) is 23.6 Å². The Bertz CT molecular complexity index is 697. The number of benzene rings is 2. The molecule has 1 unspecified atom stereocenters. The normalized spacial score (nSPS) is 16.1. The van der Waals surface area contributed by atoms with Crippen molar-refractivity contribution in [1.82, 2.24) is 5.32 Å². The van der Waals surface area contributed by atoms with E-state index in [-0.39, 0.29) is 5.91 Å². The fourth-order valence-corrected chi connectivity index (χ4v) is 3.20. The molecule has 4 nitrogen and oxygen atoms in total. The lowest BCUT2D eigenvalue weighted by Crippen LogP contribution is -2.39. The Morgan fingerprint density at radius 2 is 1.88 bits per heavy atom. The number of carbonyl (C=O) groups is 1. The third kappa shape index (κ3) is 3.77. The Balaban J connectivity index is 1.54. The highest BCUT2D eigenvalue weighted by molar-refractivity contribution is 5.82. The quantitative estimate of drug-likeness (QED) is 0.888. The molecule has 1 aliphatic rings. The molecule has 126 valence electrons. The number of hydrogen-bond acceptors (Lipinski definition) is 3. The summed E-state index contributed by atoms with van der Waals surface area (Å²) in [4.78, 5) is 14.5. The van der Waals surface area contributed by atoms with E-state index in [0.29, 0.717) is 25.7 Å². The molecule has 0 spiro atoms. The van der Waals surface area contributed by atoms with Gasteiger partial charge in [0.15, 0.2) is 0 Å². The van der Waals surface area contributed by atoms with Gasteiger partial charge < -0.3 is 15.0 Å². The number of methoxy groups -OCH3 is 1. The molecule has 0 aliphatic carbocycles. The molecule has 1 N–H and O–H groups in total. The van der Waals surface area contributed by atoms with E-state index in [1.165, 1.54) is 11.3 Å². The summed E-state index contributed by atoms with van der Waals surface area (Å²) < 4.78 is 5.10. The SMILES string of the molecule is COCc1ccc(CNC(=O)CN2c3ccccc3CC2C)cc1. The number of carbonyl (C=O) groups excluding carboxylic acids is 1. The van der Waals surface area contributed by atoms with Crippen molar-refractivity contribution < 1.29 is 9.53 Å². The van der Waals surface area contributed by atoms with Crippen molar-refractivity contribution in [1.29, 1.82) is 0 Å². The summed E-state index contributed by atoms with van der Waals surface area (Å²) in [6.07, 6.45) is 1.00. The molecular formula is C20H24N2O2. The van der Waals surface area contributed by atoms with Crippen molar-refractivity contribution in [3.63, 3.8) is 0 Å². The second-order valence-corrected chi connectivity index (χ2v) is 6.34. The first-order chi connectivity index (χ1) is 11.7. The maximum absolute atomic E-state index is 12.3. The highest BCUT2D eigenvalue weighted by atomic mass is 16.5. The van der Waals surface area contributed by atoms with Crippen LogP contribution in [0.3, 0.4) is 0 Å². The van der Waals surface area contributed by atoms with E-state index in [4.69, 9.17) is 4.74 Å². The first-order valence-electron chi connectivity index (χ1n) is 8.35. The predicted molar refractivity (Wildman–Crippen MR) is 96.0 cm³/mol. The smallest absolute Gasteiger partial charge is 0.239 e. The van der Waals surface area contributed by atoms with Crippen LogP contribution in [0.2, 0.25) is 0 Å². The summed E-state index contributed by atoms with van der Waals surface area (Å²) in [7, 11) is 1.69. The van der Waals surface area contributed by atoms with Gasteiger partial charge in [0.2, 0.25) is 5.91 Å². The summed E-state index contributed by atoms with van der Waals surface area (Å²) in [6, 6.07) is 16.8. The molecule has 2 aromatic carbocycles. The first-order valence-corrected chi connectivity index (χ1v) is 8.35. The van der Waals surface area contributed by atoms with Crippen LogP contribution < -0.4 is 10.2 Å². The number of ether oxygens (including phenoxy) is 1. The van der Waals surface area contributed by atoms with Crippen LogP contribution >= 0.6 is 0 Å². The lowest BCUT2D eigenvalue weighted by Gasteiger charge is -2.24. The average molecular weight is 324 g/mol. The maximum Gasteiger partial charge on any atom is 0.239 e. The number of amides is 1. The van der Waals surface area contributed by atoms with E-state index in [0.717, 1.165) is 17.5 Å². The molecule has 0 fully saturated rings. The summed E-state index contributed by atoms with van der Waals surface area (Å²) >= 11 is 0. The van der Waals surface area contributed by atoms with Gasteiger partial charge in [-0.3, -0.25) is 4.79 Å². The molecule has 0 saturated carbocycles. The van der Waals surface area contributed by atoms with E-state index >= 15 is 0 Å². The largest absolute Gasteiger partial charge is 0.380 e. The van der Waals surface area contributed by atoms with Crippen molar-refractivity contribution in [2.75, 3.05) is 18.6 Å². The molecule has 3 rings (SSSR count). The molecule has 24 heavy (non-hydrogen) atoms. The zero-order valence-corrected chi connectivity index (χ0v) is 14.3. The van der Waals surface area contributed by atoms with Crippen molar-refractivity contribution in [3.05, 3.63) is 65.2 Å². The van der Waals surface area contributed by atoms with E-state index in [1.807, 2.05) is 30.3 Å². The van der Waals surface area contributed by atoms with Crippen LogP contribution in [-0.4, -0.2) is 25.6 Å². The standard InChI is InChI=1S/C20H24N2O2/c1-15-11-18-5-3-4-6-19(18)22(15)13-20(23)21-12-16-7-9-17(10-8-16)14-24-2/h3-10,15H,11-14H2,1-2H3,(H,21,23). The molecule has 1 aliphatic heterocycles. The second-order valence-electron chi connectivity index (χ2n) is 6.34. The third-order valence-corrected chi connectivity index (χ3v) is 4.49. The van der Waals surface area contributed by atoms with E-state index < -0.39 is 0 Å². The monoisotopic (exact) mass is 324 g/mol. The summed E-state index contributed by atoms with van der Waals surface area (Å²) in [6.45, 7) is 3.73. The van der Waals surface area contributed by atoms with Crippen LogP contribution in [0.4, 0.5) is 5.69 Å². The van der Waals surface area contributed by atoms with E-state index in [9.17, 15) is 4.79 Å². The maximum atomic E-state index is 12.3. The minimum atomic E-state index is 0.0551. The van der Waals surface area contributed by atoms with Crippen LogP contribution in [0.25, 0.3) is 0 Å². The zero-order chi connectivity index (χ0) is 16.9. The average Bonchev–Trinajstić information content (AvgIpc) is 2.90. The minimum absolute atomic E-state index is 0.0551. The van der Waals surface area contributed by atoms with Gasteiger partial charge in [-0.15, -0.1) is 0 Å². The molecule has 2 aromatic rings. The van der Waals surface area contributed by atoms with Gasteiger partial charge in [-0.1, -0.05) is 42.5 Å². The van der Waals surface area contributed by atoms with Gasteiger partial charge in [-0.25, -0.2) is 0 Å². The fraction of sp³-hybridized carbons (Fsp3) is 0.350. The lowest BCUT2D eigenvalue weighted by molar-refractivity contribution is -0.120. The fourth-order valence-electron chi connectivity index (χ4n) is 3.20. The zero-order valence-electron chi connectivity index (χ0n) is 14.3. The van der Waals surface area contributed by atoms with Crippen molar-refractivity contribution in [2.24, 2.45) is 0 Å². The number of rotatable bonds is 6. The minimum Gasteiger partial charge on any atom is -0.380 e. The third-order valence-electron chi connectivity index (χ3n) is 4.49. The van der Waals surface area contributed by atoms with Crippen LogP contribution in [0, 0.1) is 0 Å². The molecular weight excluding hydrogens is 300 g/mol. The Hall–Kier alpha value is -2.33. The van der Waals surface area contributed by atoms with Crippen molar-refractivity contribution in [2.45, 2.75) is 32.5 Å². The predicted octanol–water partition coefficient (Wildman–Crippen LogP) is 2.90. The van der Waals surface area contributed by atoms with Gasteiger partial charge in [0, 0.05) is 25.4 Å². The number of para-hydroxylation sites is 1. The van der Waals surface area contributed by atoms with E-state index in [2.05, 4.69) is 35.3 Å². The summed E-state index contributed by atoms with van der Waals surface area (Å²) in [5.41, 5.74) is 4.74. The molecule has 0 aromatic heterocycles. The first kappa shape index (κ1) is 16.5. The van der Waals surface area contributed by atoms with Crippen LogP contribution in [0.5, 0.6) is 0 Å². The highest BCUT2D eigenvalue weighted by Gasteiger charge is 2.26. The number of nitrogens with one attached hydrogen (secondary N) is 1. The molecule has 0 radical (unpaired) electrons. The summed E-state index contributed by atoms with van der Waals surface area (Å²) in [5.74, 6) is 0.0551. The number of nitrogens with zero attached hydrogens (tertiary/aromatic N) is 1. The van der Waals surface area contributed by atoms with Crippen molar-refractivity contribution >= 4 is 11.6 Å². The molecule has 1 atom stereocenters. The molecule has 4 heteroatoms. The van der Waals surface area contributed by atoms with Crippen molar-refractivity contribution in [3.8, 4) is 0 Å².